The first-order valence-electron chi connectivity index (χ1n) is 16.0. The molecule has 226 valence electrons. The lowest BCUT2D eigenvalue weighted by Crippen LogP contribution is -2.49. The van der Waals surface area contributed by atoms with Crippen LogP contribution in [-0.4, -0.2) is 43.8 Å². The van der Waals surface area contributed by atoms with Crippen molar-refractivity contribution in [2.45, 2.75) is 29.3 Å². The van der Waals surface area contributed by atoms with Crippen LogP contribution in [0.15, 0.2) is 138 Å². The fraction of sp³-hybridized carbons (Fsp3) is 0.231. The first-order valence-corrected chi connectivity index (χ1v) is 17.4. The third-order valence-corrected chi connectivity index (χ3v) is 11.9. The Morgan fingerprint density at radius 2 is 1.36 bits per heavy atom. The van der Waals surface area contributed by atoms with Crippen molar-refractivity contribution in [3.63, 3.8) is 0 Å². The van der Waals surface area contributed by atoms with E-state index < -0.39 is 10.0 Å². The van der Waals surface area contributed by atoms with E-state index in [0.717, 1.165) is 17.7 Å². The smallest absolute Gasteiger partial charge is 0.243 e. The molecule has 0 saturated carbocycles. The summed E-state index contributed by atoms with van der Waals surface area (Å²) in [5.41, 5.74) is 5.83. The standard InChI is InChI=1S/C39H37N3O2S/c43-45(44,42-24-22-41(23-25-42)39(29-11-3-1-4-12-29)30-13-5-2-6-14-30)33-20-21-37-36(27-33)34-16-9-17-35(34)38(40-37)32-19-18-28-10-7-8-15-31(28)26-32/h1-16,18-21,26-27,34-35,38-40H,17,22-25H2. The number of benzene rings is 5. The molecule has 0 spiro atoms. The van der Waals surface area contributed by atoms with E-state index in [2.05, 4.69) is 113 Å². The molecule has 5 aromatic carbocycles. The molecule has 1 fully saturated rings. The van der Waals surface area contributed by atoms with Crippen LogP contribution in [0.2, 0.25) is 0 Å². The molecule has 1 saturated heterocycles. The number of rotatable bonds is 6. The SMILES string of the molecule is O=S(=O)(c1ccc2c(c1)C1C=CCC1C(c1ccc3ccccc3c1)N2)N1CCN(C(c2ccccc2)c2ccccc2)CC1. The molecule has 0 bridgehead atoms. The molecule has 5 aromatic rings. The van der Waals surface area contributed by atoms with Crippen molar-refractivity contribution in [3.8, 4) is 0 Å². The molecule has 2 aliphatic heterocycles. The van der Waals surface area contributed by atoms with Crippen LogP contribution in [0.25, 0.3) is 10.8 Å². The van der Waals surface area contributed by atoms with Crippen molar-refractivity contribution < 1.29 is 8.42 Å². The van der Waals surface area contributed by atoms with Crippen molar-refractivity contribution in [3.05, 3.63) is 156 Å². The Hall–Kier alpha value is -4.23. The van der Waals surface area contributed by atoms with E-state index in [4.69, 9.17) is 0 Å². The molecule has 3 aliphatic rings. The van der Waals surface area contributed by atoms with Crippen LogP contribution in [0, 0.1) is 5.92 Å². The number of hydrogen-bond donors (Lipinski definition) is 1. The van der Waals surface area contributed by atoms with Gasteiger partial charge in [0.2, 0.25) is 10.0 Å². The number of hydrogen-bond acceptors (Lipinski definition) is 4. The minimum atomic E-state index is -3.64. The predicted molar refractivity (Wildman–Crippen MR) is 182 cm³/mol. The highest BCUT2D eigenvalue weighted by atomic mass is 32.2. The molecule has 2 heterocycles. The van der Waals surface area contributed by atoms with E-state index in [1.165, 1.54) is 27.5 Å². The highest BCUT2D eigenvalue weighted by Crippen LogP contribution is 2.50. The number of anilines is 1. The summed E-state index contributed by atoms with van der Waals surface area (Å²) in [4.78, 5) is 2.80. The fourth-order valence-electron chi connectivity index (χ4n) is 7.70. The van der Waals surface area contributed by atoms with Crippen LogP contribution in [0.4, 0.5) is 5.69 Å². The molecule has 0 amide bonds. The molecule has 8 rings (SSSR count). The molecule has 6 heteroatoms. The molecule has 5 nitrogen and oxygen atoms in total. The number of sulfonamides is 1. The van der Waals surface area contributed by atoms with Gasteiger partial charge in [0, 0.05) is 37.8 Å². The van der Waals surface area contributed by atoms with Crippen molar-refractivity contribution >= 4 is 26.5 Å². The Balaban J connectivity index is 1.04. The largest absolute Gasteiger partial charge is 0.378 e. The van der Waals surface area contributed by atoms with E-state index >= 15 is 0 Å². The van der Waals surface area contributed by atoms with Gasteiger partial charge in [-0.25, -0.2) is 8.42 Å². The van der Waals surface area contributed by atoms with Gasteiger partial charge in [-0.1, -0.05) is 109 Å². The van der Waals surface area contributed by atoms with Crippen LogP contribution >= 0.6 is 0 Å². The van der Waals surface area contributed by atoms with E-state index in [-0.39, 0.29) is 18.0 Å². The maximum absolute atomic E-state index is 14.1. The Morgan fingerprint density at radius 1 is 0.689 bits per heavy atom. The lowest BCUT2D eigenvalue weighted by atomic mass is 9.77. The van der Waals surface area contributed by atoms with E-state index in [1.807, 2.05) is 24.3 Å². The first-order chi connectivity index (χ1) is 22.1. The summed E-state index contributed by atoms with van der Waals surface area (Å²) in [5.74, 6) is 0.523. The summed E-state index contributed by atoms with van der Waals surface area (Å²) in [5, 5.41) is 6.28. The average molecular weight is 612 g/mol. The zero-order valence-electron chi connectivity index (χ0n) is 25.2. The first kappa shape index (κ1) is 28.3. The van der Waals surface area contributed by atoms with Crippen LogP contribution in [0.5, 0.6) is 0 Å². The quantitative estimate of drug-likeness (QED) is 0.200. The second kappa shape index (κ2) is 11.6. The van der Waals surface area contributed by atoms with Crippen molar-refractivity contribution in [1.82, 2.24) is 9.21 Å². The maximum Gasteiger partial charge on any atom is 0.243 e. The second-order valence-corrected chi connectivity index (χ2v) is 14.4. The summed E-state index contributed by atoms with van der Waals surface area (Å²) >= 11 is 0. The van der Waals surface area contributed by atoms with Crippen LogP contribution in [0.1, 0.15) is 46.7 Å². The Labute approximate surface area is 265 Å². The summed E-state index contributed by atoms with van der Waals surface area (Å²) in [6.45, 7) is 2.26. The predicted octanol–water partition coefficient (Wildman–Crippen LogP) is 7.76. The molecule has 1 aliphatic carbocycles. The van der Waals surface area contributed by atoms with Gasteiger partial charge in [-0.2, -0.15) is 4.31 Å². The van der Waals surface area contributed by atoms with Gasteiger partial charge in [-0.3, -0.25) is 4.90 Å². The Morgan fingerprint density at radius 3 is 2.07 bits per heavy atom. The highest BCUT2D eigenvalue weighted by molar-refractivity contribution is 7.89. The van der Waals surface area contributed by atoms with Crippen molar-refractivity contribution in [2.75, 3.05) is 31.5 Å². The monoisotopic (exact) mass is 611 g/mol. The van der Waals surface area contributed by atoms with Crippen LogP contribution in [-0.2, 0) is 10.0 Å². The Bertz CT molecular complexity index is 1930. The van der Waals surface area contributed by atoms with E-state index in [1.54, 1.807) is 10.4 Å². The third kappa shape index (κ3) is 5.17. The average Bonchev–Trinajstić information content (AvgIpc) is 3.60. The second-order valence-electron chi connectivity index (χ2n) is 12.5. The minimum absolute atomic E-state index is 0.0914. The fourth-order valence-corrected chi connectivity index (χ4v) is 9.16. The third-order valence-electron chi connectivity index (χ3n) is 9.97. The lowest BCUT2D eigenvalue weighted by Gasteiger charge is -2.40. The summed E-state index contributed by atoms with van der Waals surface area (Å²) < 4.78 is 29.8. The number of nitrogens with zero attached hydrogens (tertiary/aromatic N) is 2. The van der Waals surface area contributed by atoms with Crippen LogP contribution < -0.4 is 5.32 Å². The van der Waals surface area contributed by atoms with Gasteiger partial charge in [0.05, 0.1) is 17.0 Å². The van der Waals surface area contributed by atoms with Crippen LogP contribution in [0.3, 0.4) is 0 Å². The van der Waals surface area contributed by atoms with Gasteiger partial charge in [-0.15, -0.1) is 0 Å². The van der Waals surface area contributed by atoms with Crippen molar-refractivity contribution in [2.24, 2.45) is 5.92 Å². The van der Waals surface area contributed by atoms with Gasteiger partial charge in [-0.05, 0) is 69.6 Å². The normalized spacial score (nSPS) is 21.8. The molecule has 45 heavy (non-hydrogen) atoms. The highest BCUT2D eigenvalue weighted by Gasteiger charge is 2.39. The minimum Gasteiger partial charge on any atom is -0.378 e. The zero-order valence-corrected chi connectivity index (χ0v) is 26.0. The maximum atomic E-state index is 14.1. The van der Waals surface area contributed by atoms with Gasteiger partial charge >= 0.3 is 0 Å². The number of fused-ring (bicyclic) bond motifs is 4. The molecular formula is C39H37N3O2S. The Kier molecular flexibility index (Phi) is 7.29. The number of piperazine rings is 1. The topological polar surface area (TPSA) is 52.7 Å². The zero-order chi connectivity index (χ0) is 30.4. The van der Waals surface area contributed by atoms with Gasteiger partial charge in [0.25, 0.3) is 0 Å². The van der Waals surface area contributed by atoms with Gasteiger partial charge in [0.15, 0.2) is 0 Å². The molecule has 1 N–H and O–H groups in total. The van der Waals surface area contributed by atoms with E-state index in [0.29, 0.717) is 37.0 Å². The summed E-state index contributed by atoms with van der Waals surface area (Å²) in [6.07, 6.45) is 5.51. The molecular weight excluding hydrogens is 575 g/mol. The molecule has 0 radical (unpaired) electrons. The summed E-state index contributed by atoms with van der Waals surface area (Å²) in [6, 6.07) is 42.2. The molecule has 0 aromatic heterocycles. The number of nitrogens with one attached hydrogen (secondary N) is 1. The lowest BCUT2D eigenvalue weighted by molar-refractivity contribution is 0.156. The molecule has 3 atom stereocenters. The van der Waals surface area contributed by atoms with Gasteiger partial charge < -0.3 is 5.32 Å². The molecule has 3 unspecified atom stereocenters. The van der Waals surface area contributed by atoms with Gasteiger partial charge in [0.1, 0.15) is 0 Å². The van der Waals surface area contributed by atoms with E-state index in [9.17, 15) is 8.42 Å². The number of allylic oxidation sites excluding steroid dienone is 2. The summed E-state index contributed by atoms with van der Waals surface area (Å²) in [7, 11) is -3.64. The van der Waals surface area contributed by atoms with Crippen molar-refractivity contribution in [1.29, 1.82) is 0 Å².